The van der Waals surface area contributed by atoms with Crippen LogP contribution >= 0.6 is 0 Å². The number of carbonyl (C=O) groups excluding carboxylic acids is 2. The molecule has 2 heterocycles. The Morgan fingerprint density at radius 1 is 1.28 bits per heavy atom. The normalized spacial score (nSPS) is 18.8. The first-order valence-corrected chi connectivity index (χ1v) is 9.77. The standard InChI is InChI=1S/C17H19N3O4S/c1-20(13-7-9-25(23,24)11-13)16(22)10-15(21)19-14-6-2-4-12-5-3-8-18-17(12)14/h2-6,8,13H,7,9-11H2,1H3,(H,19,21). The van der Waals surface area contributed by atoms with Gasteiger partial charge in [-0.25, -0.2) is 8.42 Å². The van der Waals surface area contributed by atoms with Crippen LogP contribution in [0, 0.1) is 0 Å². The van der Waals surface area contributed by atoms with E-state index in [1.165, 1.54) is 4.90 Å². The zero-order valence-electron chi connectivity index (χ0n) is 13.8. The number of carbonyl (C=O) groups is 2. The number of nitrogens with zero attached hydrogens (tertiary/aromatic N) is 2. The molecule has 0 spiro atoms. The molecule has 0 aliphatic carbocycles. The monoisotopic (exact) mass is 361 g/mol. The minimum Gasteiger partial charge on any atom is -0.341 e. The Kier molecular flexibility index (Phi) is 4.71. The lowest BCUT2D eigenvalue weighted by Crippen LogP contribution is -2.39. The summed E-state index contributed by atoms with van der Waals surface area (Å²) in [4.78, 5) is 30.1. The van der Waals surface area contributed by atoms with Crippen molar-refractivity contribution in [3.63, 3.8) is 0 Å². The van der Waals surface area contributed by atoms with Crippen LogP contribution in [0.25, 0.3) is 10.9 Å². The lowest BCUT2D eigenvalue weighted by molar-refractivity contribution is -0.134. The number of rotatable bonds is 4. The van der Waals surface area contributed by atoms with Crippen LogP contribution in [-0.2, 0) is 19.4 Å². The van der Waals surface area contributed by atoms with Gasteiger partial charge >= 0.3 is 0 Å². The second-order valence-corrected chi connectivity index (χ2v) is 8.40. The molecule has 1 aromatic heterocycles. The molecule has 2 amide bonds. The predicted octanol–water partition coefficient (Wildman–Crippen LogP) is 1.21. The average Bonchev–Trinajstić information content (AvgIpc) is 2.94. The molecule has 1 aliphatic rings. The molecule has 1 atom stereocenters. The molecule has 0 bridgehead atoms. The van der Waals surface area contributed by atoms with Gasteiger partial charge in [-0.3, -0.25) is 14.6 Å². The number of aromatic nitrogens is 1. The third-order valence-corrected chi connectivity index (χ3v) is 6.12. The summed E-state index contributed by atoms with van der Waals surface area (Å²) in [5.74, 6) is -0.795. The second-order valence-electron chi connectivity index (χ2n) is 6.17. The minimum absolute atomic E-state index is 0.0376. The number of sulfone groups is 1. The number of hydrogen-bond acceptors (Lipinski definition) is 5. The molecule has 3 rings (SSSR count). The fraction of sp³-hybridized carbons (Fsp3) is 0.353. The first kappa shape index (κ1) is 17.3. The topological polar surface area (TPSA) is 96.4 Å². The van der Waals surface area contributed by atoms with E-state index in [4.69, 9.17) is 0 Å². The number of amides is 2. The molecule has 1 saturated heterocycles. The molecule has 0 radical (unpaired) electrons. The maximum Gasteiger partial charge on any atom is 0.233 e. The van der Waals surface area contributed by atoms with Gasteiger partial charge in [-0.1, -0.05) is 18.2 Å². The number of benzene rings is 1. The van der Waals surface area contributed by atoms with E-state index in [1.54, 1.807) is 25.4 Å². The Morgan fingerprint density at radius 2 is 2.04 bits per heavy atom. The lowest BCUT2D eigenvalue weighted by atomic mass is 10.2. The maximum absolute atomic E-state index is 12.3. The molecule has 8 heteroatoms. The fourth-order valence-corrected chi connectivity index (χ4v) is 4.72. The number of anilines is 1. The van der Waals surface area contributed by atoms with Crippen molar-refractivity contribution in [1.29, 1.82) is 0 Å². The summed E-state index contributed by atoms with van der Waals surface area (Å²) < 4.78 is 23.1. The molecule has 1 aromatic carbocycles. The van der Waals surface area contributed by atoms with Crippen LogP contribution in [0.2, 0.25) is 0 Å². The van der Waals surface area contributed by atoms with Gasteiger partial charge in [0.05, 0.1) is 22.7 Å². The molecule has 1 fully saturated rings. The van der Waals surface area contributed by atoms with Crippen LogP contribution < -0.4 is 5.32 Å². The highest BCUT2D eigenvalue weighted by atomic mass is 32.2. The van der Waals surface area contributed by atoms with Gasteiger partial charge in [0.15, 0.2) is 9.84 Å². The highest BCUT2D eigenvalue weighted by molar-refractivity contribution is 7.91. The molecule has 1 unspecified atom stereocenters. The summed E-state index contributed by atoms with van der Waals surface area (Å²) in [6.07, 6.45) is 1.72. The van der Waals surface area contributed by atoms with Gasteiger partial charge in [-0.2, -0.15) is 0 Å². The van der Waals surface area contributed by atoms with Crippen LogP contribution in [-0.4, -0.2) is 54.7 Å². The first-order chi connectivity index (χ1) is 11.9. The van der Waals surface area contributed by atoms with Gasteiger partial charge < -0.3 is 10.2 Å². The molecular weight excluding hydrogens is 342 g/mol. The van der Waals surface area contributed by atoms with Gasteiger partial charge in [0.25, 0.3) is 0 Å². The van der Waals surface area contributed by atoms with E-state index in [0.717, 1.165) is 5.39 Å². The van der Waals surface area contributed by atoms with E-state index >= 15 is 0 Å². The third-order valence-electron chi connectivity index (χ3n) is 4.37. The number of hydrogen-bond donors (Lipinski definition) is 1. The molecule has 25 heavy (non-hydrogen) atoms. The van der Waals surface area contributed by atoms with Crippen molar-refractivity contribution in [3.8, 4) is 0 Å². The largest absolute Gasteiger partial charge is 0.341 e. The zero-order chi connectivity index (χ0) is 18.0. The van der Waals surface area contributed by atoms with Gasteiger partial charge in [0.1, 0.15) is 6.42 Å². The molecular formula is C17H19N3O4S. The van der Waals surface area contributed by atoms with Crippen molar-refractivity contribution < 1.29 is 18.0 Å². The van der Waals surface area contributed by atoms with E-state index < -0.39 is 21.7 Å². The molecule has 0 saturated carbocycles. The number of fused-ring (bicyclic) bond motifs is 1. The van der Waals surface area contributed by atoms with Crippen molar-refractivity contribution in [2.45, 2.75) is 18.9 Å². The molecule has 7 nitrogen and oxygen atoms in total. The molecule has 1 N–H and O–H groups in total. The highest BCUT2D eigenvalue weighted by Gasteiger charge is 2.33. The minimum atomic E-state index is -3.08. The van der Waals surface area contributed by atoms with Crippen LogP contribution in [0.4, 0.5) is 5.69 Å². The summed E-state index contributed by atoms with van der Waals surface area (Å²) in [6, 6.07) is 8.75. The lowest BCUT2D eigenvalue weighted by Gasteiger charge is -2.23. The van der Waals surface area contributed by atoms with Crippen molar-refractivity contribution in [3.05, 3.63) is 36.5 Å². The molecule has 1 aliphatic heterocycles. The molecule has 132 valence electrons. The second kappa shape index (κ2) is 6.79. The van der Waals surface area contributed by atoms with Gasteiger partial charge in [0.2, 0.25) is 11.8 Å². The van der Waals surface area contributed by atoms with Crippen LogP contribution in [0.5, 0.6) is 0 Å². The highest BCUT2D eigenvalue weighted by Crippen LogP contribution is 2.21. The Balaban J connectivity index is 1.65. The quantitative estimate of drug-likeness (QED) is 0.826. The van der Waals surface area contributed by atoms with E-state index in [0.29, 0.717) is 17.6 Å². The summed E-state index contributed by atoms with van der Waals surface area (Å²) in [6.45, 7) is 0. The van der Waals surface area contributed by atoms with E-state index in [2.05, 4.69) is 10.3 Å². The van der Waals surface area contributed by atoms with Crippen molar-refractivity contribution in [2.24, 2.45) is 0 Å². The fourth-order valence-electron chi connectivity index (χ4n) is 2.95. The SMILES string of the molecule is CN(C(=O)CC(=O)Nc1cccc2cccnc12)C1CCS(=O)(=O)C1. The first-order valence-electron chi connectivity index (χ1n) is 7.95. The Morgan fingerprint density at radius 3 is 2.76 bits per heavy atom. The van der Waals surface area contributed by atoms with Gasteiger partial charge in [0, 0.05) is 24.7 Å². The number of nitrogens with one attached hydrogen (secondary N) is 1. The summed E-state index contributed by atoms with van der Waals surface area (Å²) in [7, 11) is -1.54. The van der Waals surface area contributed by atoms with Crippen LogP contribution in [0.15, 0.2) is 36.5 Å². The van der Waals surface area contributed by atoms with Crippen molar-refractivity contribution in [2.75, 3.05) is 23.9 Å². The molecule has 2 aromatic rings. The average molecular weight is 361 g/mol. The van der Waals surface area contributed by atoms with Crippen molar-refractivity contribution in [1.82, 2.24) is 9.88 Å². The summed E-state index contributed by atoms with van der Waals surface area (Å²) in [5.41, 5.74) is 1.20. The van der Waals surface area contributed by atoms with E-state index in [9.17, 15) is 18.0 Å². The van der Waals surface area contributed by atoms with Gasteiger partial charge in [-0.05, 0) is 18.6 Å². The Hall–Kier alpha value is -2.48. The summed E-state index contributed by atoms with van der Waals surface area (Å²) in [5, 5.41) is 3.60. The summed E-state index contributed by atoms with van der Waals surface area (Å²) >= 11 is 0. The van der Waals surface area contributed by atoms with Crippen LogP contribution in [0.3, 0.4) is 0 Å². The van der Waals surface area contributed by atoms with E-state index in [-0.39, 0.29) is 24.0 Å². The third kappa shape index (κ3) is 3.96. The Bertz CT molecular complexity index is 921. The maximum atomic E-state index is 12.3. The van der Waals surface area contributed by atoms with E-state index in [1.807, 2.05) is 18.2 Å². The number of pyridine rings is 1. The van der Waals surface area contributed by atoms with Gasteiger partial charge in [-0.15, -0.1) is 0 Å². The van der Waals surface area contributed by atoms with Crippen molar-refractivity contribution >= 4 is 38.2 Å². The van der Waals surface area contributed by atoms with Crippen LogP contribution in [0.1, 0.15) is 12.8 Å². The Labute approximate surface area is 146 Å². The number of para-hydroxylation sites is 1. The zero-order valence-corrected chi connectivity index (χ0v) is 14.6. The predicted molar refractivity (Wildman–Crippen MR) is 94.8 cm³/mol. The smallest absolute Gasteiger partial charge is 0.233 e.